The molecule has 0 aliphatic heterocycles. The van der Waals surface area contributed by atoms with Crippen molar-refractivity contribution < 1.29 is 5.11 Å². The average Bonchev–Trinajstić information content (AvgIpc) is 2.48. The summed E-state index contributed by atoms with van der Waals surface area (Å²) >= 11 is 0. The Kier molecular flexibility index (Phi) is 4.62. The molecule has 0 bridgehead atoms. The summed E-state index contributed by atoms with van der Waals surface area (Å²) in [5.41, 5.74) is 1.84. The molecule has 3 rings (SSSR count). The van der Waals surface area contributed by atoms with Crippen LogP contribution in [0.2, 0.25) is 0 Å². The second-order valence-electron chi connectivity index (χ2n) is 7.74. The largest absolute Gasteiger partial charge is 0.396 e. The van der Waals surface area contributed by atoms with Gasteiger partial charge in [0.1, 0.15) is 0 Å². The van der Waals surface area contributed by atoms with Crippen LogP contribution in [0, 0.1) is 10.8 Å². The number of hydrogen-bond donors (Lipinski definition) is 2. The Bertz CT molecular complexity index is 541. The SMILES string of the molecule is CN(C)C(=NCc1ccccc1)NCC1(CO)CC2(CCC2)C1. The Morgan fingerprint density at radius 2 is 1.91 bits per heavy atom. The van der Waals surface area contributed by atoms with Crippen molar-refractivity contribution in [2.24, 2.45) is 15.8 Å². The fourth-order valence-corrected chi connectivity index (χ4v) is 4.23. The summed E-state index contributed by atoms with van der Waals surface area (Å²) < 4.78 is 0. The molecule has 0 amide bonds. The first-order valence-electron chi connectivity index (χ1n) is 8.67. The van der Waals surface area contributed by atoms with E-state index < -0.39 is 0 Å². The Hall–Kier alpha value is -1.55. The smallest absolute Gasteiger partial charge is 0.193 e. The molecule has 0 aromatic heterocycles. The number of aliphatic hydroxyl groups is 1. The average molecular weight is 315 g/mol. The van der Waals surface area contributed by atoms with Gasteiger partial charge in [-0.05, 0) is 36.7 Å². The highest BCUT2D eigenvalue weighted by atomic mass is 16.3. The number of hydrogen-bond acceptors (Lipinski definition) is 2. The molecule has 23 heavy (non-hydrogen) atoms. The van der Waals surface area contributed by atoms with E-state index in [9.17, 15) is 5.11 Å². The van der Waals surface area contributed by atoms with Gasteiger partial charge in [0.25, 0.3) is 0 Å². The summed E-state index contributed by atoms with van der Waals surface area (Å²) in [5.74, 6) is 0.899. The lowest BCUT2D eigenvalue weighted by atomic mass is 9.45. The molecule has 2 fully saturated rings. The monoisotopic (exact) mass is 315 g/mol. The highest BCUT2D eigenvalue weighted by Crippen LogP contribution is 2.63. The van der Waals surface area contributed by atoms with E-state index in [0.717, 1.165) is 12.5 Å². The number of aliphatic hydroxyl groups excluding tert-OH is 1. The number of nitrogens with zero attached hydrogens (tertiary/aromatic N) is 2. The van der Waals surface area contributed by atoms with Crippen molar-refractivity contribution in [3.05, 3.63) is 35.9 Å². The third kappa shape index (κ3) is 3.52. The van der Waals surface area contributed by atoms with Crippen LogP contribution in [-0.4, -0.2) is 43.2 Å². The summed E-state index contributed by atoms with van der Waals surface area (Å²) in [4.78, 5) is 6.73. The van der Waals surface area contributed by atoms with Crippen LogP contribution in [0.5, 0.6) is 0 Å². The van der Waals surface area contributed by atoms with Crippen LogP contribution in [-0.2, 0) is 6.54 Å². The molecule has 1 aromatic rings. The van der Waals surface area contributed by atoms with E-state index in [2.05, 4.69) is 17.4 Å². The summed E-state index contributed by atoms with van der Waals surface area (Å²) in [6, 6.07) is 10.3. The first-order chi connectivity index (χ1) is 11.1. The molecule has 0 heterocycles. The van der Waals surface area contributed by atoms with Crippen LogP contribution in [0.3, 0.4) is 0 Å². The second-order valence-corrected chi connectivity index (χ2v) is 7.74. The predicted octanol–water partition coefficient (Wildman–Crippen LogP) is 2.64. The highest BCUT2D eigenvalue weighted by Gasteiger charge is 2.56. The minimum absolute atomic E-state index is 0.0595. The van der Waals surface area contributed by atoms with Crippen molar-refractivity contribution in [2.75, 3.05) is 27.2 Å². The van der Waals surface area contributed by atoms with Gasteiger partial charge >= 0.3 is 0 Å². The Labute approximate surface area is 139 Å². The van der Waals surface area contributed by atoms with Crippen LogP contribution >= 0.6 is 0 Å². The minimum Gasteiger partial charge on any atom is -0.396 e. The number of benzene rings is 1. The standard InChI is InChI=1S/C19H29N3O/c1-22(2)17(20-11-16-7-4-3-5-8-16)21-14-19(15-23)12-18(13-19)9-6-10-18/h3-5,7-8,23H,6,9-15H2,1-2H3,(H,20,21). The molecular weight excluding hydrogens is 286 g/mol. The third-order valence-electron chi connectivity index (χ3n) is 5.55. The fraction of sp³-hybridized carbons (Fsp3) is 0.632. The van der Waals surface area contributed by atoms with Gasteiger partial charge in [-0.2, -0.15) is 0 Å². The van der Waals surface area contributed by atoms with E-state index in [-0.39, 0.29) is 12.0 Å². The quantitative estimate of drug-likeness (QED) is 0.649. The van der Waals surface area contributed by atoms with Gasteiger partial charge in [-0.25, -0.2) is 4.99 Å². The molecule has 1 aromatic carbocycles. The zero-order chi connectivity index (χ0) is 16.3. The van der Waals surface area contributed by atoms with Crippen molar-refractivity contribution >= 4 is 5.96 Å². The maximum atomic E-state index is 9.85. The van der Waals surface area contributed by atoms with E-state index in [0.29, 0.717) is 12.0 Å². The molecule has 0 unspecified atom stereocenters. The van der Waals surface area contributed by atoms with E-state index in [1.54, 1.807) is 0 Å². The van der Waals surface area contributed by atoms with E-state index >= 15 is 0 Å². The normalized spacial score (nSPS) is 21.4. The molecule has 2 aliphatic carbocycles. The van der Waals surface area contributed by atoms with E-state index in [1.807, 2.05) is 37.2 Å². The molecular formula is C19H29N3O. The fourth-order valence-electron chi connectivity index (χ4n) is 4.23. The summed E-state index contributed by atoms with van der Waals surface area (Å²) in [7, 11) is 4.02. The number of nitrogens with one attached hydrogen (secondary N) is 1. The molecule has 126 valence electrons. The Morgan fingerprint density at radius 1 is 1.22 bits per heavy atom. The van der Waals surface area contributed by atoms with Crippen molar-refractivity contribution in [3.63, 3.8) is 0 Å². The molecule has 1 spiro atoms. The van der Waals surface area contributed by atoms with Gasteiger partial charge in [0, 0.05) is 26.1 Å². The molecule has 0 atom stereocenters. The lowest BCUT2D eigenvalue weighted by Gasteiger charge is -2.61. The molecule has 2 saturated carbocycles. The van der Waals surface area contributed by atoms with Gasteiger partial charge in [-0.3, -0.25) is 0 Å². The molecule has 0 radical (unpaired) electrons. The topological polar surface area (TPSA) is 47.9 Å². The van der Waals surface area contributed by atoms with Gasteiger partial charge < -0.3 is 15.3 Å². The lowest BCUT2D eigenvalue weighted by Crippen LogP contribution is -2.57. The molecule has 2 N–H and O–H groups in total. The highest BCUT2D eigenvalue weighted by molar-refractivity contribution is 5.79. The number of aliphatic imine (C=N–C) groups is 1. The van der Waals surface area contributed by atoms with Crippen LogP contribution in [0.15, 0.2) is 35.3 Å². The van der Waals surface area contributed by atoms with Crippen molar-refractivity contribution in [1.82, 2.24) is 10.2 Å². The number of rotatable bonds is 5. The first kappa shape index (κ1) is 16.3. The molecule has 4 heteroatoms. The van der Waals surface area contributed by atoms with Crippen LogP contribution in [0.1, 0.15) is 37.7 Å². The zero-order valence-electron chi connectivity index (χ0n) is 14.4. The minimum atomic E-state index is 0.0595. The maximum Gasteiger partial charge on any atom is 0.193 e. The Balaban J connectivity index is 1.57. The van der Waals surface area contributed by atoms with Gasteiger partial charge in [-0.15, -0.1) is 0 Å². The lowest BCUT2D eigenvalue weighted by molar-refractivity contribution is -0.117. The number of guanidine groups is 1. The van der Waals surface area contributed by atoms with E-state index in [1.165, 1.54) is 37.7 Å². The van der Waals surface area contributed by atoms with Gasteiger partial charge in [-0.1, -0.05) is 36.8 Å². The van der Waals surface area contributed by atoms with Crippen molar-refractivity contribution in [3.8, 4) is 0 Å². The molecule has 4 nitrogen and oxygen atoms in total. The predicted molar refractivity (Wildman–Crippen MR) is 94.3 cm³/mol. The van der Waals surface area contributed by atoms with Crippen LogP contribution in [0.4, 0.5) is 0 Å². The van der Waals surface area contributed by atoms with E-state index in [4.69, 9.17) is 4.99 Å². The maximum absolute atomic E-state index is 9.85. The van der Waals surface area contributed by atoms with Gasteiger partial charge in [0.05, 0.1) is 13.2 Å². The van der Waals surface area contributed by atoms with Crippen molar-refractivity contribution in [2.45, 2.75) is 38.6 Å². The van der Waals surface area contributed by atoms with Crippen molar-refractivity contribution in [1.29, 1.82) is 0 Å². The summed E-state index contributed by atoms with van der Waals surface area (Å²) in [5, 5.41) is 13.3. The van der Waals surface area contributed by atoms with Gasteiger partial charge in [0.15, 0.2) is 5.96 Å². The Morgan fingerprint density at radius 3 is 2.43 bits per heavy atom. The van der Waals surface area contributed by atoms with Gasteiger partial charge in [0.2, 0.25) is 0 Å². The second kappa shape index (κ2) is 6.52. The third-order valence-corrected chi connectivity index (χ3v) is 5.55. The zero-order valence-corrected chi connectivity index (χ0v) is 14.4. The van der Waals surface area contributed by atoms with Crippen LogP contribution < -0.4 is 5.32 Å². The summed E-state index contributed by atoms with van der Waals surface area (Å²) in [6.45, 7) is 1.77. The molecule has 0 saturated heterocycles. The summed E-state index contributed by atoms with van der Waals surface area (Å²) in [6.07, 6.45) is 6.43. The van der Waals surface area contributed by atoms with Crippen LogP contribution in [0.25, 0.3) is 0 Å². The first-order valence-corrected chi connectivity index (χ1v) is 8.67. The molecule has 2 aliphatic rings.